The molecule has 1 N–H and O–H groups in total. The number of aliphatic hydroxyl groups is 1. The van der Waals surface area contributed by atoms with E-state index in [1.165, 1.54) is 12.1 Å². The number of likely N-dealkylation sites (tertiary alicyclic amines) is 1. The molecule has 0 aliphatic carbocycles. The van der Waals surface area contributed by atoms with Crippen LogP contribution in [0.25, 0.3) is 0 Å². The smallest absolute Gasteiger partial charge is 0.387 e. The summed E-state index contributed by atoms with van der Waals surface area (Å²) in [5.41, 5.74) is -0.493. The first-order chi connectivity index (χ1) is 10.5. The van der Waals surface area contributed by atoms with Gasteiger partial charge in [-0.25, -0.2) is 0 Å². The van der Waals surface area contributed by atoms with E-state index in [9.17, 15) is 13.9 Å². The van der Waals surface area contributed by atoms with Gasteiger partial charge in [-0.1, -0.05) is 13.0 Å². The molecule has 0 aromatic heterocycles. The maximum absolute atomic E-state index is 12.4. The number of rotatable bonds is 5. The van der Waals surface area contributed by atoms with E-state index in [1.54, 1.807) is 6.07 Å². The first kappa shape index (κ1) is 16.7. The fraction of sp³-hybridized carbons (Fsp3) is 0.562. The second-order valence-electron chi connectivity index (χ2n) is 5.57. The third-order valence-electron chi connectivity index (χ3n) is 4.08. The van der Waals surface area contributed by atoms with Crippen molar-refractivity contribution in [3.05, 3.63) is 29.3 Å². The van der Waals surface area contributed by atoms with Crippen molar-refractivity contribution in [2.75, 3.05) is 19.6 Å². The van der Waals surface area contributed by atoms with E-state index in [-0.39, 0.29) is 11.3 Å². The van der Waals surface area contributed by atoms with E-state index in [0.29, 0.717) is 18.4 Å². The van der Waals surface area contributed by atoms with Crippen LogP contribution in [0, 0.1) is 11.3 Å². The molecule has 0 unspecified atom stereocenters. The first-order valence-electron chi connectivity index (χ1n) is 7.42. The summed E-state index contributed by atoms with van der Waals surface area (Å²) >= 11 is 0. The molecule has 0 radical (unpaired) electrons. The average molecular weight is 310 g/mol. The highest BCUT2D eigenvalue weighted by atomic mass is 19.3. The zero-order valence-electron chi connectivity index (χ0n) is 12.6. The SMILES string of the molecule is CCCN1CCC(O)(c2ccc(C#N)c(OC(F)F)c2)CC1. The summed E-state index contributed by atoms with van der Waals surface area (Å²) in [6.07, 6.45) is 2.13. The molecular formula is C16H20F2N2O2. The number of nitrogens with zero attached hydrogens (tertiary/aromatic N) is 2. The van der Waals surface area contributed by atoms with Gasteiger partial charge in [-0.15, -0.1) is 0 Å². The molecule has 0 atom stereocenters. The molecule has 1 saturated heterocycles. The molecular weight excluding hydrogens is 290 g/mol. The Kier molecular flexibility index (Phi) is 5.33. The summed E-state index contributed by atoms with van der Waals surface area (Å²) in [6.45, 7) is 1.62. The molecule has 1 heterocycles. The van der Waals surface area contributed by atoms with Crippen molar-refractivity contribution in [2.45, 2.75) is 38.4 Å². The van der Waals surface area contributed by atoms with Crippen LogP contribution in [0.1, 0.15) is 37.3 Å². The number of alkyl halides is 2. The maximum Gasteiger partial charge on any atom is 0.387 e. The van der Waals surface area contributed by atoms with Gasteiger partial charge < -0.3 is 14.7 Å². The second-order valence-corrected chi connectivity index (χ2v) is 5.57. The van der Waals surface area contributed by atoms with Crippen LogP contribution in [-0.2, 0) is 5.60 Å². The standard InChI is InChI=1S/C16H20F2N2O2/c1-2-7-20-8-5-16(21,6-9-20)13-4-3-12(11-19)14(10-13)22-15(17)18/h3-4,10,15,21H,2,5-9H2,1H3. The van der Waals surface area contributed by atoms with Crippen LogP contribution in [0.15, 0.2) is 18.2 Å². The van der Waals surface area contributed by atoms with Crippen LogP contribution in [0.5, 0.6) is 5.75 Å². The van der Waals surface area contributed by atoms with Crippen LogP contribution in [0.4, 0.5) is 8.78 Å². The molecule has 0 amide bonds. The van der Waals surface area contributed by atoms with Gasteiger partial charge in [-0.3, -0.25) is 0 Å². The van der Waals surface area contributed by atoms with Gasteiger partial charge in [0.25, 0.3) is 0 Å². The summed E-state index contributed by atoms with van der Waals surface area (Å²) in [7, 11) is 0. The number of hydrogen-bond donors (Lipinski definition) is 1. The highest BCUT2D eigenvalue weighted by Crippen LogP contribution is 2.35. The summed E-state index contributed by atoms with van der Waals surface area (Å²) in [5.74, 6) is -0.181. The van der Waals surface area contributed by atoms with E-state index >= 15 is 0 Å². The van der Waals surface area contributed by atoms with Crippen LogP contribution in [0.3, 0.4) is 0 Å². The molecule has 1 aromatic rings. The molecule has 4 nitrogen and oxygen atoms in total. The Bertz CT molecular complexity index is 550. The molecule has 1 aromatic carbocycles. The zero-order valence-corrected chi connectivity index (χ0v) is 12.6. The Morgan fingerprint density at radius 2 is 2.09 bits per heavy atom. The summed E-state index contributed by atoms with van der Waals surface area (Å²) in [4.78, 5) is 2.27. The molecule has 120 valence electrons. The Labute approximate surface area is 128 Å². The Morgan fingerprint density at radius 3 is 2.64 bits per heavy atom. The van der Waals surface area contributed by atoms with Crippen LogP contribution in [0.2, 0.25) is 0 Å². The van der Waals surface area contributed by atoms with E-state index in [1.807, 2.05) is 6.07 Å². The normalized spacial score (nSPS) is 18.2. The Hall–Kier alpha value is -1.71. The largest absolute Gasteiger partial charge is 0.433 e. The lowest BCUT2D eigenvalue weighted by atomic mass is 9.84. The molecule has 0 spiro atoms. The van der Waals surface area contributed by atoms with E-state index < -0.39 is 12.2 Å². The van der Waals surface area contributed by atoms with Gasteiger partial charge in [-0.2, -0.15) is 14.0 Å². The summed E-state index contributed by atoms with van der Waals surface area (Å²) in [5, 5.41) is 19.7. The lowest BCUT2D eigenvalue weighted by molar-refractivity contribution is -0.0513. The van der Waals surface area contributed by atoms with Crippen molar-refractivity contribution < 1.29 is 18.6 Å². The quantitative estimate of drug-likeness (QED) is 0.908. The number of halogens is 2. The molecule has 1 fully saturated rings. The number of nitriles is 1. The number of hydrogen-bond acceptors (Lipinski definition) is 4. The fourth-order valence-corrected chi connectivity index (χ4v) is 2.85. The predicted molar refractivity (Wildman–Crippen MR) is 77.7 cm³/mol. The molecule has 2 rings (SSSR count). The highest BCUT2D eigenvalue weighted by Gasteiger charge is 2.34. The monoisotopic (exact) mass is 310 g/mol. The molecule has 1 aliphatic heterocycles. The van der Waals surface area contributed by atoms with Crippen LogP contribution in [-0.4, -0.2) is 36.3 Å². The van der Waals surface area contributed by atoms with Crippen molar-refractivity contribution in [1.82, 2.24) is 4.90 Å². The van der Waals surface area contributed by atoms with Crippen LogP contribution >= 0.6 is 0 Å². The van der Waals surface area contributed by atoms with Gasteiger partial charge >= 0.3 is 6.61 Å². The fourth-order valence-electron chi connectivity index (χ4n) is 2.85. The average Bonchev–Trinajstić information content (AvgIpc) is 2.49. The lowest BCUT2D eigenvalue weighted by Gasteiger charge is -2.38. The van der Waals surface area contributed by atoms with Gasteiger partial charge in [0.1, 0.15) is 11.8 Å². The molecule has 6 heteroatoms. The molecule has 0 saturated carbocycles. The number of benzene rings is 1. The highest BCUT2D eigenvalue weighted by molar-refractivity contribution is 5.46. The third-order valence-corrected chi connectivity index (χ3v) is 4.08. The lowest BCUT2D eigenvalue weighted by Crippen LogP contribution is -2.42. The van der Waals surface area contributed by atoms with E-state index in [4.69, 9.17) is 5.26 Å². The predicted octanol–water partition coefficient (Wildman–Crippen LogP) is 2.85. The van der Waals surface area contributed by atoms with E-state index in [2.05, 4.69) is 16.6 Å². The minimum absolute atomic E-state index is 0.0380. The van der Waals surface area contributed by atoms with Crippen molar-refractivity contribution in [3.63, 3.8) is 0 Å². The third kappa shape index (κ3) is 3.73. The Morgan fingerprint density at radius 1 is 1.41 bits per heavy atom. The minimum Gasteiger partial charge on any atom is -0.433 e. The van der Waals surface area contributed by atoms with Gasteiger partial charge in [0.15, 0.2) is 0 Å². The molecule has 22 heavy (non-hydrogen) atoms. The topological polar surface area (TPSA) is 56.5 Å². The van der Waals surface area contributed by atoms with E-state index in [0.717, 1.165) is 26.1 Å². The maximum atomic E-state index is 12.4. The number of ether oxygens (including phenoxy) is 1. The van der Waals surface area contributed by atoms with Crippen molar-refractivity contribution in [2.24, 2.45) is 0 Å². The van der Waals surface area contributed by atoms with Crippen molar-refractivity contribution in [3.8, 4) is 11.8 Å². The van der Waals surface area contributed by atoms with Gasteiger partial charge in [0.2, 0.25) is 0 Å². The van der Waals surface area contributed by atoms with Crippen molar-refractivity contribution >= 4 is 0 Å². The zero-order chi connectivity index (χ0) is 16.2. The minimum atomic E-state index is -3.00. The molecule has 0 bridgehead atoms. The van der Waals surface area contributed by atoms with Gasteiger partial charge in [0.05, 0.1) is 11.2 Å². The first-order valence-corrected chi connectivity index (χ1v) is 7.42. The van der Waals surface area contributed by atoms with Gasteiger partial charge in [-0.05, 0) is 43.5 Å². The Balaban J connectivity index is 2.20. The summed E-state index contributed by atoms with van der Waals surface area (Å²) in [6, 6.07) is 6.22. The summed E-state index contributed by atoms with van der Waals surface area (Å²) < 4.78 is 29.3. The molecule has 1 aliphatic rings. The van der Waals surface area contributed by atoms with Crippen LogP contribution < -0.4 is 4.74 Å². The second kappa shape index (κ2) is 7.03. The van der Waals surface area contributed by atoms with Crippen molar-refractivity contribution in [1.29, 1.82) is 5.26 Å². The van der Waals surface area contributed by atoms with Gasteiger partial charge in [0, 0.05) is 13.1 Å². The number of piperidine rings is 1.